The molecule has 18 nitrogen and oxygen atoms in total. The van der Waals surface area contributed by atoms with E-state index in [0.29, 0.717) is 51.1 Å². The molecular weight excluding hydrogens is 758 g/mol. The van der Waals surface area contributed by atoms with Crippen molar-refractivity contribution in [2.24, 2.45) is 10.7 Å². The predicted octanol–water partition coefficient (Wildman–Crippen LogP) is 0.587. The monoisotopic (exact) mass is 811 g/mol. The summed E-state index contributed by atoms with van der Waals surface area (Å²) in [5.41, 5.74) is 6.96. The van der Waals surface area contributed by atoms with Crippen LogP contribution in [0.2, 0.25) is 0 Å². The van der Waals surface area contributed by atoms with Crippen LogP contribution < -0.4 is 32.3 Å². The Hall–Kier alpha value is -5.40. The maximum absolute atomic E-state index is 13.5. The third-order valence-electron chi connectivity index (χ3n) is 8.75. The Balaban J connectivity index is 1.85. The van der Waals surface area contributed by atoms with Crippen LogP contribution in [-0.2, 0) is 25.7 Å². The summed E-state index contributed by atoms with van der Waals surface area (Å²) in [6, 6.07) is 10.6. The molecule has 3 rings (SSSR count). The van der Waals surface area contributed by atoms with Crippen molar-refractivity contribution in [3.63, 3.8) is 0 Å². The minimum Gasteiger partial charge on any atom is -0.480 e. The Labute approximate surface area is 337 Å². The zero-order valence-corrected chi connectivity index (χ0v) is 33.3. The third kappa shape index (κ3) is 16.7. The average molecular weight is 812 g/mol. The van der Waals surface area contributed by atoms with Gasteiger partial charge in [-0.3, -0.25) is 39.4 Å². The minimum atomic E-state index is -1.30. The van der Waals surface area contributed by atoms with E-state index in [2.05, 4.69) is 43.4 Å². The van der Waals surface area contributed by atoms with Gasteiger partial charge in [0, 0.05) is 81.8 Å². The molecule has 57 heavy (non-hydrogen) atoms. The lowest BCUT2D eigenvalue weighted by molar-refractivity contribution is -0.138. The highest BCUT2D eigenvalue weighted by atomic mass is 35.5. The van der Waals surface area contributed by atoms with Crippen molar-refractivity contribution in [2.75, 3.05) is 83.9 Å². The number of halogens is 1. The first kappa shape index (κ1) is 46.0. The average Bonchev–Trinajstić information content (AvgIpc) is 3.15. The van der Waals surface area contributed by atoms with E-state index in [1.807, 2.05) is 9.80 Å². The van der Waals surface area contributed by atoms with E-state index in [1.165, 1.54) is 18.2 Å². The number of anilines is 1. The van der Waals surface area contributed by atoms with Gasteiger partial charge in [0.1, 0.15) is 11.0 Å². The van der Waals surface area contributed by atoms with Gasteiger partial charge < -0.3 is 47.4 Å². The van der Waals surface area contributed by atoms with Crippen LogP contribution in [0.4, 0.5) is 5.69 Å². The van der Waals surface area contributed by atoms with Gasteiger partial charge in [0.2, 0.25) is 11.8 Å². The smallest absolute Gasteiger partial charge is 0.335 e. The van der Waals surface area contributed by atoms with Crippen LogP contribution in [-0.4, -0.2) is 151 Å². The predicted molar refractivity (Wildman–Crippen MR) is 219 cm³/mol. The lowest BCUT2D eigenvalue weighted by Crippen LogP contribution is -2.47. The minimum absolute atomic E-state index is 0.0452. The number of aliphatic imine (C=N–C) groups is 1. The number of aldehydes is 1. The molecule has 0 unspecified atom stereocenters. The molecule has 0 aliphatic carbocycles. The van der Waals surface area contributed by atoms with E-state index in [4.69, 9.17) is 22.7 Å². The molecule has 1 aliphatic rings. The zero-order chi connectivity index (χ0) is 41.9. The summed E-state index contributed by atoms with van der Waals surface area (Å²) in [6.07, 6.45) is 0.470. The number of amides is 2. The van der Waals surface area contributed by atoms with Gasteiger partial charge >= 0.3 is 11.9 Å². The molecule has 1 saturated heterocycles. The standard InChI is InChI=1S/C38H54ClN11O7/c1-4-48-11-9-42-10-12-49(15-16-50(14-13-48)23-34(54)55)22-33(53)46-30-18-28(17-29(19-30)38(56)57)35(36(39)47-31(24-51)45-25(2)3)44-21-32(52)43-20-26-5-7-27(8-6-26)37(40)41/h5-8,17-19,24-25,42,44H,4,9-16,20-23H2,1-3H3,(H3,40,41)(H,43,52)(H,45,47)(H,46,53)(H,54,55)(H,56,57)/b36-35-. The van der Waals surface area contributed by atoms with Crippen LogP contribution in [0, 0.1) is 5.41 Å². The highest BCUT2D eigenvalue weighted by molar-refractivity contribution is 6.37. The molecule has 0 radical (unpaired) electrons. The molecule has 0 bridgehead atoms. The second-order valence-corrected chi connectivity index (χ2v) is 13.9. The number of nitrogen functional groups attached to an aromatic ring is 1. The Bertz CT molecular complexity index is 1790. The molecule has 0 aromatic heterocycles. The number of benzene rings is 2. The van der Waals surface area contributed by atoms with Crippen LogP contribution >= 0.6 is 11.6 Å². The molecule has 10 N–H and O–H groups in total. The summed E-state index contributed by atoms with van der Waals surface area (Å²) >= 11 is 6.71. The Morgan fingerprint density at radius 3 is 2.09 bits per heavy atom. The van der Waals surface area contributed by atoms with Crippen molar-refractivity contribution >= 4 is 64.7 Å². The van der Waals surface area contributed by atoms with Gasteiger partial charge in [0.15, 0.2) is 12.1 Å². The number of hydrogen-bond acceptors (Lipinski definition) is 12. The van der Waals surface area contributed by atoms with Gasteiger partial charge in [-0.2, -0.15) is 0 Å². The summed E-state index contributed by atoms with van der Waals surface area (Å²) in [6.45, 7) is 10.8. The van der Waals surface area contributed by atoms with Gasteiger partial charge in [0.25, 0.3) is 0 Å². The first-order valence-electron chi connectivity index (χ1n) is 18.6. The summed E-state index contributed by atoms with van der Waals surface area (Å²) in [5, 5.41) is 41.5. The first-order chi connectivity index (χ1) is 27.2. The Kier molecular flexibility index (Phi) is 19.1. The Morgan fingerprint density at radius 1 is 0.895 bits per heavy atom. The van der Waals surface area contributed by atoms with Gasteiger partial charge in [-0.25, -0.2) is 4.79 Å². The van der Waals surface area contributed by atoms with Crippen molar-refractivity contribution in [3.8, 4) is 0 Å². The number of aromatic carboxylic acids is 1. The number of hydrogen-bond donors (Lipinski definition) is 9. The number of carbonyl (C=O) groups excluding carboxylic acids is 3. The van der Waals surface area contributed by atoms with E-state index in [-0.39, 0.29) is 71.6 Å². The zero-order valence-electron chi connectivity index (χ0n) is 32.6. The van der Waals surface area contributed by atoms with Gasteiger partial charge in [-0.15, -0.1) is 0 Å². The second kappa shape index (κ2) is 23.6. The number of nitrogens with two attached hydrogens (primary N) is 1. The van der Waals surface area contributed by atoms with Crippen molar-refractivity contribution in [3.05, 3.63) is 69.9 Å². The van der Waals surface area contributed by atoms with E-state index >= 15 is 0 Å². The number of amidine groups is 2. The topological polar surface area (TPSA) is 258 Å². The third-order valence-corrected chi connectivity index (χ3v) is 9.03. The largest absolute Gasteiger partial charge is 0.480 e. The van der Waals surface area contributed by atoms with Gasteiger partial charge in [-0.05, 0) is 44.2 Å². The molecule has 0 saturated carbocycles. The van der Waals surface area contributed by atoms with E-state index in [9.17, 15) is 34.2 Å². The molecule has 1 aliphatic heterocycles. The maximum atomic E-state index is 13.5. The van der Waals surface area contributed by atoms with Crippen LogP contribution in [0.25, 0.3) is 5.70 Å². The molecule has 0 spiro atoms. The van der Waals surface area contributed by atoms with Crippen LogP contribution in [0.1, 0.15) is 47.8 Å². The lowest BCUT2D eigenvalue weighted by atomic mass is 10.1. The van der Waals surface area contributed by atoms with Crippen molar-refractivity contribution < 1.29 is 34.2 Å². The van der Waals surface area contributed by atoms with Gasteiger partial charge in [-0.1, -0.05) is 42.8 Å². The fourth-order valence-corrected chi connectivity index (χ4v) is 6.05. The molecule has 310 valence electrons. The SMILES string of the molecule is CCN1CCNCCN(CC(=O)Nc2cc(C(=O)O)cc(/C(NCC(=O)NCc3ccc(C(=N)N)cc3)=C(\Cl)NC(C=O)=NC(C)C)c2)CCN(CC(=O)O)CC1. The number of carboxylic acids is 2. The molecule has 1 fully saturated rings. The number of nitrogens with one attached hydrogen (secondary N) is 6. The molecule has 2 amide bonds. The molecular formula is C38H54ClN11O7. The Morgan fingerprint density at radius 2 is 1.51 bits per heavy atom. The summed E-state index contributed by atoms with van der Waals surface area (Å²) < 4.78 is 0. The first-order valence-corrected chi connectivity index (χ1v) is 19.0. The van der Waals surface area contributed by atoms with Crippen molar-refractivity contribution in [1.82, 2.24) is 36.0 Å². The second-order valence-electron chi connectivity index (χ2n) is 13.6. The molecule has 0 atom stereocenters. The number of nitrogens with zero attached hydrogens (tertiary/aromatic N) is 4. The quantitative estimate of drug-likeness (QED) is 0.0459. The van der Waals surface area contributed by atoms with Crippen LogP contribution in [0.3, 0.4) is 0 Å². The molecule has 1 heterocycles. The summed E-state index contributed by atoms with van der Waals surface area (Å²) in [7, 11) is 0. The highest BCUT2D eigenvalue weighted by Gasteiger charge is 2.20. The highest BCUT2D eigenvalue weighted by Crippen LogP contribution is 2.24. The fourth-order valence-electron chi connectivity index (χ4n) is 5.78. The number of carboxylic acid groups (broad SMARTS) is 2. The van der Waals surface area contributed by atoms with E-state index in [1.54, 1.807) is 38.1 Å². The van der Waals surface area contributed by atoms with Gasteiger partial charge in [0.05, 0.1) is 30.9 Å². The van der Waals surface area contributed by atoms with E-state index in [0.717, 1.165) is 25.2 Å². The normalized spacial score (nSPS) is 15.7. The number of rotatable bonds is 17. The number of carbonyl (C=O) groups is 5. The maximum Gasteiger partial charge on any atom is 0.335 e. The number of aliphatic carboxylic acids is 1. The molecule has 19 heteroatoms. The molecule has 2 aromatic carbocycles. The number of likely N-dealkylation sites (N-methyl/N-ethyl adjacent to an activating group) is 1. The van der Waals surface area contributed by atoms with E-state index < -0.39 is 23.8 Å². The fraction of sp³-hybridized carbons (Fsp3) is 0.447. The summed E-state index contributed by atoms with van der Waals surface area (Å²) in [5.74, 6) is -3.32. The van der Waals surface area contributed by atoms with Crippen LogP contribution in [0.5, 0.6) is 0 Å². The van der Waals surface area contributed by atoms with Crippen LogP contribution in [0.15, 0.2) is 52.6 Å². The van der Waals surface area contributed by atoms with Crippen molar-refractivity contribution in [2.45, 2.75) is 33.4 Å². The summed E-state index contributed by atoms with van der Waals surface area (Å²) in [4.78, 5) is 72.4. The lowest BCUT2D eigenvalue weighted by Gasteiger charge is -2.30. The van der Waals surface area contributed by atoms with Crippen molar-refractivity contribution in [1.29, 1.82) is 5.41 Å². The molecule has 2 aromatic rings.